The van der Waals surface area contributed by atoms with Crippen LogP contribution in [0.4, 0.5) is 0 Å². The molecule has 0 bridgehead atoms. The highest BCUT2D eigenvalue weighted by Gasteiger charge is 2.24. The van der Waals surface area contributed by atoms with Gasteiger partial charge in [-0.05, 0) is 58.8 Å². The summed E-state index contributed by atoms with van der Waals surface area (Å²) in [5, 5.41) is 5.39. The second-order valence-electron chi connectivity index (χ2n) is 7.52. The first kappa shape index (κ1) is 26.3. The molecule has 1 fully saturated rings. The zero-order chi connectivity index (χ0) is 23.1. The van der Waals surface area contributed by atoms with Gasteiger partial charge in [-0.2, -0.15) is 0 Å². The van der Waals surface area contributed by atoms with Crippen LogP contribution in [0, 0.1) is 0 Å². The van der Waals surface area contributed by atoms with Crippen LogP contribution in [0.1, 0.15) is 38.7 Å². The largest absolute Gasteiger partial charge is 0.381 e. The van der Waals surface area contributed by atoms with Crippen LogP contribution in [0.5, 0.6) is 0 Å². The zero-order valence-corrected chi connectivity index (χ0v) is 19.5. The highest BCUT2D eigenvalue weighted by molar-refractivity contribution is 6.00. The smallest absolute Gasteiger partial charge is 0.253 e. The van der Waals surface area contributed by atoms with Crippen molar-refractivity contribution in [2.75, 3.05) is 34.4 Å². The Morgan fingerprint density at radius 2 is 1.68 bits per heavy atom. The van der Waals surface area contributed by atoms with E-state index in [1.807, 2.05) is 63.2 Å². The van der Waals surface area contributed by atoms with Gasteiger partial charge in [0.1, 0.15) is 0 Å². The molecule has 3 rings (SSSR count). The lowest BCUT2D eigenvalue weighted by Gasteiger charge is -2.30. The molecule has 2 N–H and O–H groups in total. The van der Waals surface area contributed by atoms with Crippen molar-refractivity contribution in [3.63, 3.8) is 0 Å². The van der Waals surface area contributed by atoms with Crippen molar-refractivity contribution >= 4 is 12.2 Å². The van der Waals surface area contributed by atoms with Gasteiger partial charge in [-0.25, -0.2) is 0 Å². The van der Waals surface area contributed by atoms with Gasteiger partial charge in [0.2, 0.25) is 0 Å². The molecule has 2 aliphatic heterocycles. The normalized spacial score (nSPS) is 15.3. The molecular formula is C25H37N3O3. The zero-order valence-electron chi connectivity index (χ0n) is 19.5. The number of likely N-dealkylation sites (N-methyl/N-ethyl adjacent to an activating group) is 1. The highest BCUT2D eigenvalue weighted by Crippen LogP contribution is 2.28. The Labute approximate surface area is 187 Å². The van der Waals surface area contributed by atoms with Crippen LogP contribution < -0.4 is 10.6 Å². The average Bonchev–Trinajstić information content (AvgIpc) is 2.80. The molecule has 0 aromatic heterocycles. The van der Waals surface area contributed by atoms with E-state index in [-0.39, 0.29) is 5.91 Å². The van der Waals surface area contributed by atoms with Crippen LogP contribution in [0.3, 0.4) is 0 Å². The van der Waals surface area contributed by atoms with E-state index in [9.17, 15) is 9.59 Å². The topological polar surface area (TPSA) is 70.7 Å². The van der Waals surface area contributed by atoms with Crippen molar-refractivity contribution in [3.8, 4) is 0 Å². The summed E-state index contributed by atoms with van der Waals surface area (Å²) in [5.41, 5.74) is 3.98. The van der Waals surface area contributed by atoms with Crippen LogP contribution >= 0.6 is 0 Å². The van der Waals surface area contributed by atoms with Crippen LogP contribution in [0.25, 0.3) is 0 Å². The van der Waals surface area contributed by atoms with Gasteiger partial charge in [-0.1, -0.05) is 35.9 Å². The van der Waals surface area contributed by atoms with E-state index in [0.29, 0.717) is 17.7 Å². The molecular weight excluding hydrogens is 390 g/mol. The van der Waals surface area contributed by atoms with Crippen molar-refractivity contribution in [2.45, 2.75) is 39.7 Å². The number of aldehydes is 1. The Balaban J connectivity index is 0.000000444. The number of ether oxygens (including phenoxy) is 1. The molecule has 1 aromatic carbocycles. The molecule has 2 aliphatic rings. The number of amides is 1. The highest BCUT2D eigenvalue weighted by atomic mass is 16.5. The SMILES string of the molecule is C1CCOCC1.CNC.CNC(=O)C1=CC(C=O)=CN(Cc2ccccc2)C1=C(C)C. The summed E-state index contributed by atoms with van der Waals surface area (Å²) in [4.78, 5) is 25.3. The second-order valence-corrected chi connectivity index (χ2v) is 7.52. The quantitative estimate of drug-likeness (QED) is 0.719. The van der Waals surface area contributed by atoms with Crippen molar-refractivity contribution in [3.05, 3.63) is 70.6 Å². The van der Waals surface area contributed by atoms with E-state index < -0.39 is 0 Å². The number of hydrogen-bond acceptors (Lipinski definition) is 5. The van der Waals surface area contributed by atoms with Gasteiger partial charge in [0, 0.05) is 38.6 Å². The monoisotopic (exact) mass is 427 g/mol. The van der Waals surface area contributed by atoms with Gasteiger partial charge in [0.25, 0.3) is 5.91 Å². The van der Waals surface area contributed by atoms with Crippen LogP contribution in [-0.4, -0.2) is 51.5 Å². The number of nitrogens with one attached hydrogen (secondary N) is 2. The molecule has 6 heteroatoms. The summed E-state index contributed by atoms with van der Waals surface area (Å²) < 4.78 is 5.07. The fourth-order valence-electron chi connectivity index (χ4n) is 3.19. The molecule has 170 valence electrons. The molecule has 0 saturated carbocycles. The van der Waals surface area contributed by atoms with E-state index in [4.69, 9.17) is 4.74 Å². The third-order valence-corrected chi connectivity index (χ3v) is 4.51. The molecule has 2 heterocycles. The van der Waals surface area contributed by atoms with E-state index >= 15 is 0 Å². The molecule has 0 unspecified atom stereocenters. The number of carbonyl (C=O) groups is 2. The third kappa shape index (κ3) is 9.32. The summed E-state index contributed by atoms with van der Waals surface area (Å²) in [6.07, 6.45) is 8.12. The predicted molar refractivity (Wildman–Crippen MR) is 126 cm³/mol. The Hall–Kier alpha value is -2.70. The van der Waals surface area contributed by atoms with Crippen molar-refractivity contribution < 1.29 is 14.3 Å². The van der Waals surface area contributed by atoms with Crippen LogP contribution in [0.2, 0.25) is 0 Å². The fourth-order valence-corrected chi connectivity index (χ4v) is 3.19. The molecule has 6 nitrogen and oxygen atoms in total. The number of allylic oxidation sites excluding steroid dienone is 3. The summed E-state index contributed by atoms with van der Waals surface area (Å²) in [7, 11) is 5.34. The lowest BCUT2D eigenvalue weighted by atomic mass is 9.99. The lowest BCUT2D eigenvalue weighted by molar-refractivity contribution is -0.116. The molecule has 0 radical (unpaired) electrons. The number of carbonyl (C=O) groups excluding carboxylic acids is 2. The number of benzene rings is 1. The van der Waals surface area contributed by atoms with Crippen molar-refractivity contribution in [1.82, 2.24) is 15.5 Å². The minimum absolute atomic E-state index is 0.193. The van der Waals surface area contributed by atoms with Gasteiger partial charge in [0.05, 0.1) is 11.3 Å². The minimum Gasteiger partial charge on any atom is -0.381 e. The Morgan fingerprint density at radius 1 is 1.06 bits per heavy atom. The van der Waals surface area contributed by atoms with Gasteiger partial charge in [0.15, 0.2) is 6.29 Å². The molecule has 1 saturated heterocycles. The molecule has 0 atom stereocenters. The number of rotatable bonds is 4. The molecule has 1 amide bonds. The van der Waals surface area contributed by atoms with Crippen LogP contribution in [-0.2, 0) is 20.9 Å². The van der Waals surface area contributed by atoms with Crippen LogP contribution in [0.15, 0.2) is 65.0 Å². The van der Waals surface area contributed by atoms with Gasteiger partial charge in [-0.15, -0.1) is 0 Å². The van der Waals surface area contributed by atoms with Crippen molar-refractivity contribution in [2.24, 2.45) is 0 Å². The van der Waals surface area contributed by atoms with Gasteiger partial charge in [-0.3, -0.25) is 9.59 Å². The average molecular weight is 428 g/mol. The maximum absolute atomic E-state index is 12.2. The standard InChI is InChI=1S/C18H20N2O2.C5H10O.C2H7N/c1-13(2)17-16(18(22)19-3)9-15(12-21)11-20(17)10-14-7-5-4-6-8-14;1-2-4-6-5-3-1;1-3-2/h4-9,11-12H,10H2,1-3H3,(H,19,22);1-5H2;3H,1-2H3. The first-order valence-electron chi connectivity index (χ1n) is 10.7. The summed E-state index contributed by atoms with van der Waals surface area (Å²) in [5.74, 6) is -0.193. The Kier molecular flexibility index (Phi) is 12.9. The Morgan fingerprint density at radius 3 is 2.10 bits per heavy atom. The van der Waals surface area contributed by atoms with Gasteiger partial charge < -0.3 is 20.3 Å². The first-order valence-corrected chi connectivity index (χ1v) is 10.7. The third-order valence-electron chi connectivity index (χ3n) is 4.51. The maximum atomic E-state index is 12.2. The summed E-state index contributed by atoms with van der Waals surface area (Å²) in [6.45, 7) is 6.53. The first-order chi connectivity index (χ1) is 15.0. The minimum atomic E-state index is -0.193. The molecule has 0 spiro atoms. The predicted octanol–water partition coefficient (Wildman–Crippen LogP) is 3.57. The van der Waals surface area contributed by atoms with E-state index in [1.165, 1.54) is 19.3 Å². The van der Waals surface area contributed by atoms with Crippen molar-refractivity contribution in [1.29, 1.82) is 0 Å². The molecule has 1 aromatic rings. The lowest BCUT2D eigenvalue weighted by Crippen LogP contribution is -2.30. The van der Waals surface area contributed by atoms with Gasteiger partial charge >= 0.3 is 0 Å². The fraction of sp³-hybridized carbons (Fsp3) is 0.440. The number of hydrogen-bond donors (Lipinski definition) is 2. The Bertz CT molecular complexity index is 763. The summed E-state index contributed by atoms with van der Waals surface area (Å²) >= 11 is 0. The summed E-state index contributed by atoms with van der Waals surface area (Å²) in [6, 6.07) is 9.95. The maximum Gasteiger partial charge on any atom is 0.253 e. The molecule has 31 heavy (non-hydrogen) atoms. The van der Waals surface area contributed by atoms with E-state index in [0.717, 1.165) is 36.3 Å². The molecule has 0 aliphatic carbocycles. The second kappa shape index (κ2) is 15.2. The van der Waals surface area contributed by atoms with E-state index in [1.54, 1.807) is 19.3 Å². The number of nitrogens with zero attached hydrogens (tertiary/aromatic N) is 1. The van der Waals surface area contributed by atoms with E-state index in [2.05, 4.69) is 10.6 Å².